The smallest absolute Gasteiger partial charge is 0.306 e. The van der Waals surface area contributed by atoms with Crippen molar-refractivity contribution >= 4 is 28.6 Å². The maximum atomic E-state index is 10.4. The van der Waals surface area contributed by atoms with E-state index in [0.29, 0.717) is 6.42 Å². The van der Waals surface area contributed by atoms with Crippen molar-refractivity contribution in [3.05, 3.63) is 0 Å². The first kappa shape index (κ1) is 8.20. The third-order valence-electron chi connectivity index (χ3n) is 0.583. The van der Waals surface area contributed by atoms with Gasteiger partial charge in [-0.1, -0.05) is 6.92 Å². The molecule has 0 aliphatic heterocycles. The highest BCUT2D eigenvalue weighted by molar-refractivity contribution is 14.1. The molecule has 0 rings (SSSR count). The standard InChI is InChI=1S/C5H9IO2/c1-3-5(7)8-4(2)6/h4H,3H2,1-2H3. The van der Waals surface area contributed by atoms with Crippen LogP contribution in [0.1, 0.15) is 20.3 Å². The largest absolute Gasteiger partial charge is 0.452 e. The topological polar surface area (TPSA) is 26.3 Å². The van der Waals surface area contributed by atoms with Crippen LogP contribution in [0.3, 0.4) is 0 Å². The SMILES string of the molecule is CCC(=O)OC(C)I. The van der Waals surface area contributed by atoms with E-state index in [1.165, 1.54) is 0 Å². The van der Waals surface area contributed by atoms with Crippen molar-refractivity contribution < 1.29 is 9.53 Å². The molecule has 0 aliphatic rings. The summed E-state index contributed by atoms with van der Waals surface area (Å²) in [5, 5.41) is 0. The molecule has 48 valence electrons. The van der Waals surface area contributed by atoms with Gasteiger partial charge in [0.1, 0.15) is 4.11 Å². The molecule has 1 unspecified atom stereocenters. The van der Waals surface area contributed by atoms with Crippen LogP contribution in [0.2, 0.25) is 0 Å². The Morgan fingerprint density at radius 2 is 2.38 bits per heavy atom. The van der Waals surface area contributed by atoms with Crippen LogP contribution in [0.4, 0.5) is 0 Å². The van der Waals surface area contributed by atoms with E-state index in [2.05, 4.69) is 0 Å². The van der Waals surface area contributed by atoms with Gasteiger partial charge < -0.3 is 4.74 Å². The highest BCUT2D eigenvalue weighted by Crippen LogP contribution is 2.01. The number of rotatable bonds is 2. The normalized spacial score (nSPS) is 12.9. The molecule has 0 saturated carbocycles. The van der Waals surface area contributed by atoms with Gasteiger partial charge in [0.15, 0.2) is 0 Å². The van der Waals surface area contributed by atoms with Crippen molar-refractivity contribution in [2.24, 2.45) is 0 Å². The van der Waals surface area contributed by atoms with E-state index in [1.54, 1.807) is 6.92 Å². The number of carbonyl (C=O) groups is 1. The molecule has 0 bridgehead atoms. The summed E-state index contributed by atoms with van der Waals surface area (Å²) in [6.45, 7) is 3.61. The van der Waals surface area contributed by atoms with Crippen LogP contribution >= 0.6 is 22.6 Å². The predicted octanol–water partition coefficient (Wildman–Crippen LogP) is 1.72. The Morgan fingerprint density at radius 1 is 1.88 bits per heavy atom. The first-order valence-electron chi connectivity index (χ1n) is 2.50. The van der Waals surface area contributed by atoms with E-state index in [0.717, 1.165) is 0 Å². The molecule has 0 amide bonds. The summed E-state index contributed by atoms with van der Waals surface area (Å²) in [6, 6.07) is 0. The lowest BCUT2D eigenvalue weighted by Gasteiger charge is -2.02. The van der Waals surface area contributed by atoms with Crippen LogP contribution in [0.5, 0.6) is 0 Å². The molecule has 1 atom stereocenters. The van der Waals surface area contributed by atoms with Gasteiger partial charge in [0.25, 0.3) is 0 Å². The molecule has 3 heteroatoms. The number of hydrogen-bond acceptors (Lipinski definition) is 2. The lowest BCUT2D eigenvalue weighted by molar-refractivity contribution is -0.143. The molecule has 0 heterocycles. The predicted molar refractivity (Wildman–Crippen MR) is 39.9 cm³/mol. The zero-order valence-corrected chi connectivity index (χ0v) is 7.14. The molecule has 0 aromatic heterocycles. The quantitative estimate of drug-likeness (QED) is 0.408. The van der Waals surface area contributed by atoms with E-state index in [4.69, 9.17) is 4.74 Å². The number of halogens is 1. The second-order valence-corrected chi connectivity index (χ2v) is 3.14. The van der Waals surface area contributed by atoms with Gasteiger partial charge in [0.2, 0.25) is 0 Å². The Kier molecular flexibility index (Phi) is 4.22. The highest BCUT2D eigenvalue weighted by Gasteiger charge is 2.00. The van der Waals surface area contributed by atoms with Gasteiger partial charge in [-0.15, -0.1) is 0 Å². The highest BCUT2D eigenvalue weighted by atomic mass is 127. The summed E-state index contributed by atoms with van der Waals surface area (Å²) < 4.78 is 4.75. The van der Waals surface area contributed by atoms with Crippen LogP contribution in [-0.4, -0.2) is 10.1 Å². The number of carbonyl (C=O) groups excluding carboxylic acids is 1. The van der Waals surface area contributed by atoms with Gasteiger partial charge in [-0.25, -0.2) is 0 Å². The Morgan fingerprint density at radius 3 is 2.50 bits per heavy atom. The lowest BCUT2D eigenvalue weighted by atomic mass is 10.5. The molecule has 0 spiro atoms. The molecular weight excluding hydrogens is 219 g/mol. The average molecular weight is 228 g/mol. The fraction of sp³-hybridized carbons (Fsp3) is 0.800. The number of esters is 1. The fourth-order valence-electron chi connectivity index (χ4n) is 0.264. The molecule has 0 fully saturated rings. The number of hydrogen-bond donors (Lipinski definition) is 0. The van der Waals surface area contributed by atoms with E-state index < -0.39 is 0 Å². The minimum Gasteiger partial charge on any atom is -0.452 e. The van der Waals surface area contributed by atoms with Crippen LogP contribution in [0.25, 0.3) is 0 Å². The average Bonchev–Trinajstić information content (AvgIpc) is 1.65. The summed E-state index contributed by atoms with van der Waals surface area (Å²) in [6.07, 6.45) is 0.466. The number of ether oxygens (including phenoxy) is 1. The molecule has 0 aliphatic carbocycles. The van der Waals surface area contributed by atoms with Crippen molar-refractivity contribution in [1.82, 2.24) is 0 Å². The van der Waals surface area contributed by atoms with Gasteiger partial charge >= 0.3 is 5.97 Å². The third kappa shape index (κ3) is 4.36. The summed E-state index contributed by atoms with van der Waals surface area (Å²) in [5.41, 5.74) is 0. The Labute approximate surface area is 62.7 Å². The zero-order valence-electron chi connectivity index (χ0n) is 4.98. The van der Waals surface area contributed by atoms with Gasteiger partial charge in [0.05, 0.1) is 0 Å². The third-order valence-corrected chi connectivity index (χ3v) is 0.837. The minimum absolute atomic E-state index is 0.0000463. The van der Waals surface area contributed by atoms with E-state index >= 15 is 0 Å². The summed E-state index contributed by atoms with van der Waals surface area (Å²) >= 11 is 2.04. The summed E-state index contributed by atoms with van der Waals surface area (Å²) in [4.78, 5) is 10.4. The molecule has 2 nitrogen and oxygen atoms in total. The number of alkyl halides is 1. The molecule has 0 radical (unpaired) electrons. The molecule has 0 aromatic carbocycles. The van der Waals surface area contributed by atoms with Crippen LogP contribution < -0.4 is 0 Å². The molecular formula is C5H9IO2. The fourth-order valence-corrected chi connectivity index (χ4v) is 0.548. The summed E-state index contributed by atoms with van der Waals surface area (Å²) in [5.74, 6) is -0.132. The van der Waals surface area contributed by atoms with Gasteiger partial charge in [-0.3, -0.25) is 4.79 Å². The lowest BCUT2D eigenvalue weighted by Crippen LogP contribution is -2.06. The van der Waals surface area contributed by atoms with Crippen molar-refractivity contribution in [2.45, 2.75) is 24.4 Å². The second-order valence-electron chi connectivity index (χ2n) is 1.39. The van der Waals surface area contributed by atoms with Crippen LogP contribution in [-0.2, 0) is 9.53 Å². The van der Waals surface area contributed by atoms with Crippen molar-refractivity contribution in [3.63, 3.8) is 0 Å². The zero-order chi connectivity index (χ0) is 6.57. The second kappa shape index (κ2) is 4.12. The van der Waals surface area contributed by atoms with Crippen molar-refractivity contribution in [2.75, 3.05) is 0 Å². The molecule has 0 aromatic rings. The maximum Gasteiger partial charge on any atom is 0.306 e. The molecule has 0 saturated heterocycles. The van der Waals surface area contributed by atoms with Crippen LogP contribution in [0, 0.1) is 0 Å². The van der Waals surface area contributed by atoms with Crippen molar-refractivity contribution in [1.29, 1.82) is 0 Å². The van der Waals surface area contributed by atoms with Gasteiger partial charge in [-0.05, 0) is 29.5 Å². The first-order chi connectivity index (χ1) is 3.66. The van der Waals surface area contributed by atoms with Gasteiger partial charge in [-0.2, -0.15) is 0 Å². The summed E-state index contributed by atoms with van der Waals surface area (Å²) in [7, 11) is 0. The Hall–Kier alpha value is 0.200. The van der Waals surface area contributed by atoms with E-state index in [1.807, 2.05) is 29.5 Å². The maximum absolute atomic E-state index is 10.4. The van der Waals surface area contributed by atoms with E-state index in [9.17, 15) is 4.79 Å². The first-order valence-corrected chi connectivity index (χ1v) is 3.75. The van der Waals surface area contributed by atoms with Crippen LogP contribution in [0.15, 0.2) is 0 Å². The van der Waals surface area contributed by atoms with E-state index in [-0.39, 0.29) is 10.1 Å². The minimum atomic E-state index is -0.132. The Bertz CT molecular complexity index is 80.5. The Balaban J connectivity index is 3.25. The van der Waals surface area contributed by atoms with Crippen molar-refractivity contribution in [3.8, 4) is 0 Å². The monoisotopic (exact) mass is 228 g/mol. The van der Waals surface area contributed by atoms with Gasteiger partial charge in [0, 0.05) is 6.42 Å². The molecule has 8 heavy (non-hydrogen) atoms. The molecule has 0 N–H and O–H groups in total.